The average molecular weight is 274 g/mol. The Labute approximate surface area is 120 Å². The van der Waals surface area contributed by atoms with Crippen LogP contribution in [0.4, 0.5) is 0 Å². The van der Waals surface area contributed by atoms with Crippen molar-refractivity contribution in [3.05, 3.63) is 41.5 Å². The molecule has 0 saturated carbocycles. The summed E-state index contributed by atoms with van der Waals surface area (Å²) in [6, 6.07) is 8.15. The molecule has 0 aromatic heterocycles. The number of benzene rings is 1. The molecule has 1 aromatic rings. The van der Waals surface area contributed by atoms with E-state index >= 15 is 0 Å². The van der Waals surface area contributed by atoms with Gasteiger partial charge in [-0.25, -0.2) is 0 Å². The first kappa shape index (κ1) is 14.8. The normalized spacial score (nSPS) is 17.1. The zero-order chi connectivity index (χ0) is 14.4. The van der Waals surface area contributed by atoms with Gasteiger partial charge in [-0.3, -0.25) is 4.79 Å². The molecule has 2 rings (SSSR count). The van der Waals surface area contributed by atoms with E-state index in [2.05, 4.69) is 18.2 Å². The van der Waals surface area contributed by atoms with Crippen molar-refractivity contribution in [2.75, 3.05) is 0 Å². The summed E-state index contributed by atoms with van der Waals surface area (Å²) in [5.41, 5.74) is 3.65. The van der Waals surface area contributed by atoms with Crippen LogP contribution >= 0.6 is 0 Å². The Kier molecular flexibility index (Phi) is 5.36. The highest BCUT2D eigenvalue weighted by Crippen LogP contribution is 2.26. The Hall–Kier alpha value is -1.61. The van der Waals surface area contributed by atoms with Gasteiger partial charge in [0.05, 0.1) is 12.5 Å². The number of aliphatic hydroxyl groups is 1. The lowest BCUT2D eigenvalue weighted by atomic mass is 9.98. The average Bonchev–Trinajstić information content (AvgIpc) is 2.67. The zero-order valence-corrected chi connectivity index (χ0v) is 11.7. The monoisotopic (exact) mass is 274 g/mol. The van der Waals surface area contributed by atoms with Crippen LogP contribution < -0.4 is 0 Å². The van der Waals surface area contributed by atoms with Gasteiger partial charge in [0, 0.05) is 0 Å². The van der Waals surface area contributed by atoms with Crippen molar-refractivity contribution in [1.29, 1.82) is 0 Å². The molecule has 1 aliphatic carbocycles. The van der Waals surface area contributed by atoms with Crippen molar-refractivity contribution in [2.45, 2.75) is 51.0 Å². The van der Waals surface area contributed by atoms with E-state index in [1.165, 1.54) is 30.4 Å². The van der Waals surface area contributed by atoms with E-state index in [-0.39, 0.29) is 6.42 Å². The fraction of sp³-hybridized carbons (Fsp3) is 0.471. The van der Waals surface area contributed by atoms with Gasteiger partial charge >= 0.3 is 5.97 Å². The molecule has 0 radical (unpaired) electrons. The molecule has 0 fully saturated rings. The van der Waals surface area contributed by atoms with Gasteiger partial charge < -0.3 is 10.2 Å². The van der Waals surface area contributed by atoms with E-state index in [0.29, 0.717) is 6.42 Å². The Morgan fingerprint density at radius 2 is 1.90 bits per heavy atom. The number of aliphatic hydroxyl groups excluding tert-OH is 1. The number of hydrogen-bond donors (Lipinski definition) is 2. The molecule has 0 amide bonds. The summed E-state index contributed by atoms with van der Waals surface area (Å²) in [7, 11) is 0. The van der Waals surface area contributed by atoms with E-state index in [0.717, 1.165) is 18.4 Å². The molecule has 3 heteroatoms. The van der Waals surface area contributed by atoms with Crippen molar-refractivity contribution in [1.82, 2.24) is 0 Å². The van der Waals surface area contributed by atoms with Crippen LogP contribution in [0.3, 0.4) is 0 Å². The van der Waals surface area contributed by atoms with Crippen molar-refractivity contribution < 1.29 is 15.0 Å². The van der Waals surface area contributed by atoms with Gasteiger partial charge in [-0.05, 0) is 48.8 Å². The quantitative estimate of drug-likeness (QED) is 0.865. The Bertz CT molecular complexity index is 474. The molecule has 1 aromatic carbocycles. The lowest BCUT2D eigenvalue weighted by Gasteiger charge is -2.10. The summed E-state index contributed by atoms with van der Waals surface area (Å²) >= 11 is 0. The van der Waals surface area contributed by atoms with Crippen molar-refractivity contribution >= 4 is 11.5 Å². The molecule has 0 unspecified atom stereocenters. The number of carbonyl (C=O) groups is 1. The molecular weight excluding hydrogens is 252 g/mol. The van der Waals surface area contributed by atoms with Gasteiger partial charge in [-0.2, -0.15) is 0 Å². The highest BCUT2D eigenvalue weighted by Gasteiger charge is 2.11. The van der Waals surface area contributed by atoms with Crippen LogP contribution in [0.25, 0.3) is 5.57 Å². The van der Waals surface area contributed by atoms with Crippen LogP contribution in [0.15, 0.2) is 30.3 Å². The third-order valence-corrected chi connectivity index (χ3v) is 3.75. The summed E-state index contributed by atoms with van der Waals surface area (Å²) in [6.07, 6.45) is 7.86. The minimum Gasteiger partial charge on any atom is -0.481 e. The molecule has 1 aliphatic rings. The molecule has 0 spiro atoms. The lowest BCUT2D eigenvalue weighted by Crippen LogP contribution is -2.15. The summed E-state index contributed by atoms with van der Waals surface area (Å²) in [4.78, 5) is 10.5. The van der Waals surface area contributed by atoms with Crippen molar-refractivity contribution in [2.24, 2.45) is 0 Å². The Morgan fingerprint density at radius 1 is 1.15 bits per heavy atom. The minimum atomic E-state index is -0.960. The number of hydrogen-bond acceptors (Lipinski definition) is 2. The standard InChI is InChI=1S/C17H22O3/c18-16(12-17(19)20)11-13-7-9-15(10-8-13)14-5-3-1-2-4-6-14/h5,7-10,16,18H,1-4,6,11-12H2,(H,19,20)/t16-/m1/s1. The van der Waals surface area contributed by atoms with Crippen LogP contribution in [-0.2, 0) is 11.2 Å². The second kappa shape index (κ2) is 7.25. The largest absolute Gasteiger partial charge is 0.481 e. The summed E-state index contributed by atoms with van der Waals surface area (Å²) in [6.45, 7) is 0. The third kappa shape index (κ3) is 4.49. The molecule has 3 nitrogen and oxygen atoms in total. The first-order chi connectivity index (χ1) is 9.65. The van der Waals surface area contributed by atoms with Crippen LogP contribution in [0.2, 0.25) is 0 Å². The summed E-state index contributed by atoms with van der Waals surface area (Å²) < 4.78 is 0. The minimum absolute atomic E-state index is 0.201. The van der Waals surface area contributed by atoms with Gasteiger partial charge in [-0.1, -0.05) is 36.8 Å². The van der Waals surface area contributed by atoms with Gasteiger partial charge in [0.2, 0.25) is 0 Å². The maximum absolute atomic E-state index is 10.5. The molecule has 0 heterocycles. The van der Waals surface area contributed by atoms with Gasteiger partial charge in [0.15, 0.2) is 0 Å². The van der Waals surface area contributed by atoms with E-state index in [9.17, 15) is 9.90 Å². The molecule has 20 heavy (non-hydrogen) atoms. The van der Waals surface area contributed by atoms with E-state index in [4.69, 9.17) is 5.11 Å². The molecule has 0 bridgehead atoms. The van der Waals surface area contributed by atoms with E-state index < -0.39 is 12.1 Å². The number of carboxylic acid groups (broad SMARTS) is 1. The smallest absolute Gasteiger partial charge is 0.305 e. The molecule has 2 N–H and O–H groups in total. The number of allylic oxidation sites excluding steroid dienone is 2. The van der Waals surface area contributed by atoms with Gasteiger partial charge in [-0.15, -0.1) is 0 Å². The highest BCUT2D eigenvalue weighted by molar-refractivity contribution is 5.67. The second-order valence-corrected chi connectivity index (χ2v) is 5.48. The fourth-order valence-electron chi connectivity index (χ4n) is 2.68. The first-order valence-corrected chi connectivity index (χ1v) is 7.33. The van der Waals surface area contributed by atoms with Crippen molar-refractivity contribution in [3.63, 3.8) is 0 Å². The fourth-order valence-corrected chi connectivity index (χ4v) is 2.68. The first-order valence-electron chi connectivity index (χ1n) is 7.33. The lowest BCUT2D eigenvalue weighted by molar-refractivity contribution is -0.139. The highest BCUT2D eigenvalue weighted by atomic mass is 16.4. The number of rotatable bonds is 5. The third-order valence-electron chi connectivity index (χ3n) is 3.75. The SMILES string of the molecule is O=C(O)C[C@H](O)Cc1ccc(C2=CCCCCC2)cc1. The molecule has 0 saturated heterocycles. The van der Waals surface area contributed by atoms with Crippen molar-refractivity contribution in [3.8, 4) is 0 Å². The Balaban J connectivity index is 1.98. The zero-order valence-electron chi connectivity index (χ0n) is 11.7. The van der Waals surface area contributed by atoms with Gasteiger partial charge in [0.25, 0.3) is 0 Å². The molecule has 0 aliphatic heterocycles. The van der Waals surface area contributed by atoms with Crippen LogP contribution in [0.5, 0.6) is 0 Å². The van der Waals surface area contributed by atoms with Crippen LogP contribution in [0, 0.1) is 0 Å². The predicted octanol–water partition coefficient (Wildman–Crippen LogP) is 3.41. The molecule has 1 atom stereocenters. The van der Waals surface area contributed by atoms with Crippen LogP contribution in [0.1, 0.15) is 49.7 Å². The Morgan fingerprint density at radius 3 is 2.60 bits per heavy atom. The molecular formula is C17H22O3. The predicted molar refractivity (Wildman–Crippen MR) is 79.5 cm³/mol. The molecule has 108 valence electrons. The van der Waals surface area contributed by atoms with Gasteiger partial charge in [0.1, 0.15) is 0 Å². The number of carboxylic acids is 1. The van der Waals surface area contributed by atoms with E-state index in [1.807, 2.05) is 12.1 Å². The summed E-state index contributed by atoms with van der Waals surface area (Å²) in [5, 5.41) is 18.3. The summed E-state index contributed by atoms with van der Waals surface area (Å²) in [5.74, 6) is -0.960. The topological polar surface area (TPSA) is 57.5 Å². The van der Waals surface area contributed by atoms with Crippen LogP contribution in [-0.4, -0.2) is 22.3 Å². The maximum Gasteiger partial charge on any atom is 0.305 e. The van der Waals surface area contributed by atoms with E-state index in [1.54, 1.807) is 0 Å². The number of aliphatic carboxylic acids is 1. The maximum atomic E-state index is 10.5. The second-order valence-electron chi connectivity index (χ2n) is 5.48.